The van der Waals surface area contributed by atoms with Crippen molar-refractivity contribution in [2.24, 2.45) is 11.5 Å². The third-order valence-corrected chi connectivity index (χ3v) is 0. The van der Waals surface area contributed by atoms with E-state index in [1.54, 1.807) is 0 Å². The number of rotatable bonds is 0. The van der Waals surface area contributed by atoms with E-state index in [1.807, 2.05) is 0 Å². The van der Waals surface area contributed by atoms with Gasteiger partial charge in [-0.05, 0) is 12.2 Å². The topological polar surface area (TPSA) is 52.0 Å². The van der Waals surface area contributed by atoms with Crippen molar-refractivity contribution in [2.75, 3.05) is 0 Å². The molecule has 0 rings (SSSR count). The van der Waals surface area contributed by atoms with Crippen molar-refractivity contribution in [3.05, 3.63) is 0 Å². The van der Waals surface area contributed by atoms with Crippen molar-refractivity contribution in [2.45, 2.75) is 0 Å². The first-order valence-corrected chi connectivity index (χ1v) is 6.15. The fourth-order valence-electron chi connectivity index (χ4n) is 0. The Balaban J connectivity index is -0.0000000300. The van der Waals surface area contributed by atoms with Gasteiger partial charge in [0.05, 0.1) is 0 Å². The molecule has 0 aromatic heterocycles. The second-order valence-corrected chi connectivity index (χ2v) is 6.50. The minimum atomic E-state index is -1.33. The van der Waals surface area contributed by atoms with Crippen LogP contribution >= 0.6 is 42.5 Å². The summed E-state index contributed by atoms with van der Waals surface area (Å²) < 4.78 is 0. The molecule has 0 unspecified atom stereocenters. The molecule has 2 nitrogen and oxygen atoms in total. The summed E-state index contributed by atoms with van der Waals surface area (Å²) in [6, 6.07) is 0. The predicted molar refractivity (Wildman–Crippen MR) is 52.8 cm³/mol. The first-order chi connectivity index (χ1) is 3.46. The van der Waals surface area contributed by atoms with Crippen LogP contribution in [0.5, 0.6) is 0 Å². The number of thiocarbonyl (C=S) groups is 1. The predicted octanol–water partition coefficient (Wildman–Crippen LogP) is -0.0423. The number of hydrogen-bond acceptors (Lipinski definition) is 1. The van der Waals surface area contributed by atoms with E-state index in [1.165, 1.54) is 0 Å². The molecule has 0 fully saturated rings. The molecule has 0 aromatic carbocycles. The molecule has 0 heterocycles. The Morgan fingerprint density at radius 3 is 1.10 bits per heavy atom. The minimum absolute atomic E-state index is 0. The average molecular weight is 254 g/mol. The molecular weight excluding hydrogens is 248 g/mol. The van der Waals surface area contributed by atoms with Crippen LogP contribution in [0.2, 0.25) is 0 Å². The van der Waals surface area contributed by atoms with Gasteiger partial charge < -0.3 is 11.5 Å². The Morgan fingerprint density at radius 1 is 1.10 bits per heavy atom. The Morgan fingerprint density at radius 2 is 1.10 bits per heavy atom. The molecule has 0 bridgehead atoms. The van der Waals surface area contributed by atoms with Crippen LogP contribution in [0.15, 0.2) is 0 Å². The van der Waals surface area contributed by atoms with Gasteiger partial charge in [0.25, 0.3) is 0 Å². The van der Waals surface area contributed by atoms with Crippen LogP contribution in [0.25, 0.3) is 0 Å². The molecule has 0 amide bonds. The van der Waals surface area contributed by atoms with Gasteiger partial charge in [-0.3, -0.25) is 0 Å². The zero-order chi connectivity index (χ0) is 7.15. The van der Waals surface area contributed by atoms with E-state index in [9.17, 15) is 0 Å². The van der Waals surface area contributed by atoms with Crippen molar-refractivity contribution in [3.63, 3.8) is 0 Å². The molecule has 0 atom stereocenters. The maximum absolute atomic E-state index is 4.89. The van der Waals surface area contributed by atoms with Crippen LogP contribution in [0.4, 0.5) is 0 Å². The summed E-state index contributed by atoms with van der Waals surface area (Å²) in [6.45, 7) is 0. The Hall–Kier alpha value is 2.27. The molecular formula is CH6Cl3FeLi2N2S. The summed E-state index contributed by atoms with van der Waals surface area (Å²) in [5, 5.41) is 0.000000000000000222. The van der Waals surface area contributed by atoms with E-state index in [0.29, 0.717) is 0 Å². The molecule has 0 aliphatic carbocycles. The van der Waals surface area contributed by atoms with Crippen LogP contribution in [0.1, 0.15) is 0 Å². The van der Waals surface area contributed by atoms with Gasteiger partial charge in [0.1, 0.15) is 0 Å². The van der Waals surface area contributed by atoms with Crippen molar-refractivity contribution in [3.8, 4) is 0 Å². The van der Waals surface area contributed by atoms with Crippen molar-refractivity contribution < 1.29 is 11.2 Å². The third kappa shape index (κ3) is 171. The van der Waals surface area contributed by atoms with Gasteiger partial charge in [0.15, 0.2) is 5.11 Å². The molecule has 0 saturated heterocycles. The van der Waals surface area contributed by atoms with Crippen LogP contribution in [-0.4, -0.2) is 42.8 Å². The summed E-state index contributed by atoms with van der Waals surface area (Å²) in [6.07, 6.45) is 0. The second-order valence-electron chi connectivity index (χ2n) is 0.554. The molecule has 0 saturated carbocycles. The summed E-state index contributed by atoms with van der Waals surface area (Å²) >= 11 is 2.76. The molecule has 4 N–H and O–H groups in total. The number of hydrogen-bond donors (Lipinski definition) is 2. The Labute approximate surface area is 107 Å². The van der Waals surface area contributed by atoms with E-state index in [4.69, 9.17) is 30.3 Å². The standard InChI is InChI=1S/CH4N2S.3ClH.Fe.2Li.2H/c2-1(3)4;;;;;;;;/h(H4,2,3,4);3*1H;;;;;/q;;;;+3;;;;/p-3. The van der Waals surface area contributed by atoms with Crippen molar-refractivity contribution in [1.82, 2.24) is 0 Å². The number of halogens is 3. The van der Waals surface area contributed by atoms with E-state index in [-0.39, 0.29) is 42.8 Å². The summed E-state index contributed by atoms with van der Waals surface area (Å²) in [5.74, 6) is 0. The number of nitrogens with two attached hydrogens (primary N) is 2. The zero-order valence-electron chi connectivity index (χ0n) is 3.55. The summed E-state index contributed by atoms with van der Waals surface area (Å²) in [5.41, 5.74) is 9.24. The summed E-state index contributed by atoms with van der Waals surface area (Å²) in [4.78, 5) is 0. The summed E-state index contributed by atoms with van der Waals surface area (Å²) in [7, 11) is 14.7. The van der Waals surface area contributed by atoms with Gasteiger partial charge in [0, 0.05) is 0 Å². The molecule has 0 aliphatic heterocycles. The molecule has 0 spiro atoms. The van der Waals surface area contributed by atoms with E-state index in [2.05, 4.69) is 23.7 Å². The molecule has 9 heteroatoms. The zero-order valence-corrected chi connectivity index (χ0v) is 7.74. The van der Waals surface area contributed by atoms with Crippen molar-refractivity contribution >= 4 is 85.3 Å². The van der Waals surface area contributed by atoms with Gasteiger partial charge in [-0.2, -0.15) is 0 Å². The molecule has 0 aliphatic rings. The van der Waals surface area contributed by atoms with E-state index in [0.717, 1.165) is 0 Å². The van der Waals surface area contributed by atoms with Crippen LogP contribution in [0, 0.1) is 0 Å². The van der Waals surface area contributed by atoms with Gasteiger partial charge >= 0.3 is 79.2 Å². The molecule has 0 radical (unpaired) electrons. The Bertz CT molecular complexity index is 68.8. The van der Waals surface area contributed by atoms with Crippen LogP contribution < -0.4 is 11.5 Å². The molecule has 10 heavy (non-hydrogen) atoms. The van der Waals surface area contributed by atoms with Gasteiger partial charge in [-0.25, -0.2) is 0 Å². The van der Waals surface area contributed by atoms with Gasteiger partial charge in [-0.1, -0.05) is 0 Å². The first kappa shape index (κ1) is 22.8. The second kappa shape index (κ2) is 17.4. The average Bonchev–Trinajstić information content (AvgIpc) is 1.25. The monoisotopic (exact) mass is 253 g/mol. The normalized spacial score (nSPS) is 6.90. The van der Waals surface area contributed by atoms with Gasteiger partial charge in [-0.15, -0.1) is 0 Å². The quantitative estimate of drug-likeness (QED) is 0.471. The Kier molecular flexibility index (Phi) is 39.6. The van der Waals surface area contributed by atoms with Gasteiger partial charge in [0.2, 0.25) is 0 Å². The maximum atomic E-state index is 4.89. The molecule has 0 aromatic rings. The van der Waals surface area contributed by atoms with E-state index >= 15 is 0 Å². The first-order valence-electron chi connectivity index (χ1n) is 1.18. The molecule has 57 valence electrons. The van der Waals surface area contributed by atoms with Crippen molar-refractivity contribution in [1.29, 1.82) is 0 Å². The van der Waals surface area contributed by atoms with E-state index < -0.39 is 11.2 Å². The fraction of sp³-hybridized carbons (Fsp3) is 0. The van der Waals surface area contributed by atoms with Crippen LogP contribution in [-0.2, 0) is 11.2 Å². The fourth-order valence-corrected chi connectivity index (χ4v) is 0. The SMILES string of the molecule is NC(N)=S.[Cl][Fe]([Cl])[Cl].[LiH].[LiH]. The third-order valence-electron chi connectivity index (χ3n) is 0. The van der Waals surface area contributed by atoms with Crippen LogP contribution in [0.3, 0.4) is 0 Å².